The fourth-order valence-corrected chi connectivity index (χ4v) is 2.67. The van der Waals surface area contributed by atoms with E-state index in [1.165, 1.54) is 18.2 Å². The normalized spacial score (nSPS) is 16.0. The Kier molecular flexibility index (Phi) is 5.51. The van der Waals surface area contributed by atoms with Crippen molar-refractivity contribution in [2.75, 3.05) is 25.0 Å². The average molecular weight is 342 g/mol. The van der Waals surface area contributed by atoms with Gasteiger partial charge in [-0.05, 0) is 32.0 Å². The van der Waals surface area contributed by atoms with E-state index in [1.54, 1.807) is 0 Å². The highest BCUT2D eigenvalue weighted by molar-refractivity contribution is 6.34. The number of benzene rings is 1. The lowest BCUT2D eigenvalue weighted by Gasteiger charge is -2.29. The molecule has 0 saturated carbocycles. The number of nitrogens with one attached hydrogen (secondary N) is 1. The molecule has 8 nitrogen and oxygen atoms in total. The van der Waals surface area contributed by atoms with Crippen LogP contribution in [-0.2, 0) is 9.59 Å². The summed E-state index contributed by atoms with van der Waals surface area (Å²) in [5.74, 6) is -1.44. The monoisotopic (exact) mass is 341 g/mol. The van der Waals surface area contributed by atoms with Crippen molar-refractivity contribution in [2.24, 2.45) is 5.92 Å². The Hall–Kier alpha value is -2.19. The van der Waals surface area contributed by atoms with Crippen LogP contribution in [0.3, 0.4) is 0 Å². The molecule has 1 aliphatic heterocycles. The Morgan fingerprint density at radius 2 is 2.04 bits per heavy atom. The summed E-state index contributed by atoms with van der Waals surface area (Å²) in [6.45, 7) is 1.20. The molecule has 0 unspecified atom stereocenters. The zero-order chi connectivity index (χ0) is 17.0. The Morgan fingerprint density at radius 1 is 1.39 bits per heavy atom. The molecule has 0 aliphatic carbocycles. The lowest BCUT2D eigenvalue weighted by Crippen LogP contribution is -2.40. The minimum absolute atomic E-state index is 0.0946. The number of anilines is 1. The number of rotatable bonds is 5. The van der Waals surface area contributed by atoms with Gasteiger partial charge in [-0.1, -0.05) is 11.6 Å². The maximum absolute atomic E-state index is 12.0. The smallest absolute Gasteiger partial charge is 0.306 e. The minimum atomic E-state index is -0.799. The van der Waals surface area contributed by atoms with E-state index in [-0.39, 0.29) is 29.1 Å². The van der Waals surface area contributed by atoms with Crippen molar-refractivity contribution in [1.82, 2.24) is 4.90 Å². The van der Waals surface area contributed by atoms with Gasteiger partial charge in [0.15, 0.2) is 0 Å². The lowest BCUT2D eigenvalue weighted by atomic mass is 9.97. The number of amides is 1. The van der Waals surface area contributed by atoms with E-state index in [0.29, 0.717) is 31.6 Å². The fraction of sp³-hybridized carbons (Fsp3) is 0.429. The Bertz CT molecular complexity index is 629. The SMILES string of the molecule is O=C(CN1CCC(C(=O)O)CC1)Nc1ccc([N+](=O)[O-])cc1Cl. The van der Waals surface area contributed by atoms with Crippen LogP contribution in [-0.4, -0.2) is 46.4 Å². The second-order valence-corrected chi connectivity index (χ2v) is 5.77. The van der Waals surface area contributed by atoms with Gasteiger partial charge in [0.25, 0.3) is 5.69 Å². The molecule has 1 aliphatic rings. The summed E-state index contributed by atoms with van der Waals surface area (Å²) in [6, 6.07) is 3.82. The van der Waals surface area contributed by atoms with Crippen LogP contribution < -0.4 is 5.32 Å². The quantitative estimate of drug-likeness (QED) is 0.625. The van der Waals surface area contributed by atoms with Crippen molar-refractivity contribution < 1.29 is 19.6 Å². The molecule has 1 aromatic carbocycles. The molecular weight excluding hydrogens is 326 g/mol. The molecule has 2 rings (SSSR count). The number of halogens is 1. The van der Waals surface area contributed by atoms with E-state index in [2.05, 4.69) is 5.32 Å². The number of carbonyl (C=O) groups excluding carboxylic acids is 1. The molecular formula is C14H16ClN3O5. The molecule has 1 amide bonds. The number of hydrogen-bond donors (Lipinski definition) is 2. The van der Waals surface area contributed by atoms with Crippen LogP contribution in [0.25, 0.3) is 0 Å². The molecule has 1 heterocycles. The summed E-state index contributed by atoms with van der Waals surface area (Å²) in [6.07, 6.45) is 1.03. The van der Waals surface area contributed by atoms with Crippen molar-refractivity contribution in [2.45, 2.75) is 12.8 Å². The van der Waals surface area contributed by atoms with Crippen LogP contribution in [0.15, 0.2) is 18.2 Å². The molecule has 0 spiro atoms. The van der Waals surface area contributed by atoms with Crippen molar-refractivity contribution >= 4 is 34.9 Å². The van der Waals surface area contributed by atoms with Gasteiger partial charge in [0.2, 0.25) is 5.91 Å². The second kappa shape index (κ2) is 7.38. The van der Waals surface area contributed by atoms with Gasteiger partial charge in [-0.25, -0.2) is 0 Å². The van der Waals surface area contributed by atoms with Crippen LogP contribution in [0.5, 0.6) is 0 Å². The molecule has 0 atom stereocenters. The number of carboxylic acids is 1. The number of likely N-dealkylation sites (tertiary alicyclic amines) is 1. The van der Waals surface area contributed by atoms with Crippen LogP contribution in [0.4, 0.5) is 11.4 Å². The van der Waals surface area contributed by atoms with E-state index in [4.69, 9.17) is 16.7 Å². The number of hydrogen-bond acceptors (Lipinski definition) is 5. The first kappa shape index (κ1) is 17.2. The third-order valence-corrected chi connectivity index (χ3v) is 4.05. The van der Waals surface area contributed by atoms with Gasteiger partial charge >= 0.3 is 5.97 Å². The molecule has 23 heavy (non-hydrogen) atoms. The van der Waals surface area contributed by atoms with Crippen molar-refractivity contribution in [3.8, 4) is 0 Å². The first-order chi connectivity index (χ1) is 10.9. The standard InChI is InChI=1S/C14H16ClN3O5/c15-11-7-10(18(22)23)1-2-12(11)16-13(19)8-17-5-3-9(4-6-17)14(20)21/h1-2,7,9H,3-6,8H2,(H,16,19)(H,20,21). The number of nitro groups is 1. The number of non-ortho nitro benzene ring substituents is 1. The third kappa shape index (κ3) is 4.64. The zero-order valence-corrected chi connectivity index (χ0v) is 13.0. The Balaban J connectivity index is 1.88. The van der Waals surface area contributed by atoms with Crippen LogP contribution in [0.2, 0.25) is 5.02 Å². The molecule has 1 saturated heterocycles. The highest BCUT2D eigenvalue weighted by atomic mass is 35.5. The predicted octanol–water partition coefficient (Wildman–Crippen LogP) is 1.98. The van der Waals surface area contributed by atoms with E-state index < -0.39 is 10.9 Å². The number of carboxylic acid groups (broad SMARTS) is 1. The van der Waals surface area contributed by atoms with Gasteiger partial charge in [0, 0.05) is 12.1 Å². The number of aliphatic carboxylic acids is 1. The average Bonchev–Trinajstić information content (AvgIpc) is 2.49. The van der Waals surface area contributed by atoms with Crippen LogP contribution in [0.1, 0.15) is 12.8 Å². The molecule has 1 fully saturated rings. The maximum Gasteiger partial charge on any atom is 0.306 e. The number of piperidine rings is 1. The number of nitro benzene ring substituents is 1. The molecule has 9 heteroatoms. The summed E-state index contributed by atoms with van der Waals surface area (Å²) >= 11 is 5.92. The second-order valence-electron chi connectivity index (χ2n) is 5.36. The molecule has 2 N–H and O–H groups in total. The van der Waals surface area contributed by atoms with Gasteiger partial charge < -0.3 is 10.4 Å². The molecule has 0 aromatic heterocycles. The van der Waals surface area contributed by atoms with Crippen LogP contribution >= 0.6 is 11.6 Å². The van der Waals surface area contributed by atoms with Crippen molar-refractivity contribution in [1.29, 1.82) is 0 Å². The summed E-state index contributed by atoms with van der Waals surface area (Å²) in [4.78, 5) is 34.8. The predicted molar refractivity (Wildman–Crippen MR) is 83.5 cm³/mol. The van der Waals surface area contributed by atoms with Crippen LogP contribution in [0, 0.1) is 16.0 Å². The highest BCUT2D eigenvalue weighted by Crippen LogP contribution is 2.26. The van der Waals surface area contributed by atoms with E-state index in [1.807, 2.05) is 4.90 Å². The summed E-state index contributed by atoms with van der Waals surface area (Å²) < 4.78 is 0. The Labute approximate surface area is 137 Å². The summed E-state index contributed by atoms with van der Waals surface area (Å²) in [5.41, 5.74) is 0.159. The number of carbonyl (C=O) groups is 2. The van der Waals surface area contributed by atoms with Gasteiger partial charge in [-0.3, -0.25) is 24.6 Å². The summed E-state index contributed by atoms with van der Waals surface area (Å²) in [5, 5.41) is 22.3. The first-order valence-corrected chi connectivity index (χ1v) is 7.43. The first-order valence-electron chi connectivity index (χ1n) is 7.06. The van der Waals surface area contributed by atoms with Gasteiger partial charge in [0.1, 0.15) is 0 Å². The number of nitrogens with zero attached hydrogens (tertiary/aromatic N) is 2. The van der Waals surface area contributed by atoms with Gasteiger partial charge in [0.05, 0.1) is 28.1 Å². The zero-order valence-electron chi connectivity index (χ0n) is 12.2. The van der Waals surface area contributed by atoms with Gasteiger partial charge in [-0.15, -0.1) is 0 Å². The molecule has 1 aromatic rings. The lowest BCUT2D eigenvalue weighted by molar-refractivity contribution is -0.384. The molecule has 0 radical (unpaired) electrons. The Morgan fingerprint density at radius 3 is 2.57 bits per heavy atom. The van der Waals surface area contributed by atoms with Gasteiger partial charge in [-0.2, -0.15) is 0 Å². The largest absolute Gasteiger partial charge is 0.481 e. The van der Waals surface area contributed by atoms with E-state index >= 15 is 0 Å². The molecule has 0 bridgehead atoms. The third-order valence-electron chi connectivity index (χ3n) is 3.74. The van der Waals surface area contributed by atoms with Crippen molar-refractivity contribution in [3.63, 3.8) is 0 Å². The fourth-order valence-electron chi connectivity index (χ4n) is 2.45. The maximum atomic E-state index is 12.0. The van der Waals surface area contributed by atoms with E-state index in [0.717, 1.165) is 0 Å². The minimum Gasteiger partial charge on any atom is -0.481 e. The highest BCUT2D eigenvalue weighted by Gasteiger charge is 2.25. The molecule has 124 valence electrons. The summed E-state index contributed by atoms with van der Waals surface area (Å²) in [7, 11) is 0. The van der Waals surface area contributed by atoms with Crippen molar-refractivity contribution in [3.05, 3.63) is 33.3 Å². The topological polar surface area (TPSA) is 113 Å². The van der Waals surface area contributed by atoms with E-state index in [9.17, 15) is 19.7 Å².